The van der Waals surface area contributed by atoms with Gasteiger partial charge in [-0.05, 0) is 30.3 Å². The van der Waals surface area contributed by atoms with Gasteiger partial charge in [-0.2, -0.15) is 0 Å². The molecule has 23 heavy (non-hydrogen) atoms. The van der Waals surface area contributed by atoms with Gasteiger partial charge in [0, 0.05) is 16.6 Å². The zero-order valence-corrected chi connectivity index (χ0v) is 13.0. The van der Waals surface area contributed by atoms with Gasteiger partial charge in [0.25, 0.3) is 0 Å². The number of hydrogen-bond acceptors (Lipinski definition) is 4. The molecule has 0 aliphatic carbocycles. The number of fused-ring (bicyclic) bond motifs is 1. The first-order valence-corrected chi connectivity index (χ1v) is 7.21. The molecule has 2 aromatic carbocycles. The first kappa shape index (κ1) is 15.1. The molecule has 0 saturated carbocycles. The summed E-state index contributed by atoms with van der Waals surface area (Å²) in [5.41, 5.74) is 1.04. The van der Waals surface area contributed by atoms with Crippen LogP contribution in [-0.2, 0) is 0 Å². The summed E-state index contributed by atoms with van der Waals surface area (Å²) in [6.07, 6.45) is 0.997. The molecule has 5 nitrogen and oxygen atoms in total. The van der Waals surface area contributed by atoms with Crippen molar-refractivity contribution in [2.75, 3.05) is 12.4 Å². The molecular weight excluding hydrogens is 316 g/mol. The van der Waals surface area contributed by atoms with Crippen LogP contribution >= 0.6 is 11.6 Å². The average Bonchev–Trinajstić information content (AvgIpc) is 2.55. The Bertz CT molecular complexity index is 862. The minimum atomic E-state index is -0.649. The quantitative estimate of drug-likeness (QED) is 0.768. The Morgan fingerprint density at radius 3 is 2.78 bits per heavy atom. The molecule has 6 heteroatoms. The van der Waals surface area contributed by atoms with Crippen molar-refractivity contribution < 1.29 is 14.3 Å². The molecular formula is C17H13ClN2O3. The minimum Gasteiger partial charge on any atom is -0.495 e. The fourth-order valence-electron chi connectivity index (χ4n) is 2.17. The molecule has 3 aromatic rings. The van der Waals surface area contributed by atoms with E-state index in [-0.39, 0.29) is 0 Å². The zero-order valence-electron chi connectivity index (χ0n) is 12.2. The van der Waals surface area contributed by atoms with Crippen LogP contribution in [0.4, 0.5) is 10.5 Å². The van der Waals surface area contributed by atoms with E-state index in [4.69, 9.17) is 21.1 Å². The number of pyridine rings is 1. The number of para-hydroxylation sites is 1. The average molecular weight is 329 g/mol. The SMILES string of the molecule is COc1ccc(Cl)cc1NC(=O)Oc1cccc2cccnc12. The van der Waals surface area contributed by atoms with Crippen molar-refractivity contribution in [2.45, 2.75) is 0 Å². The Labute approximate surface area is 137 Å². The van der Waals surface area contributed by atoms with E-state index in [0.29, 0.717) is 27.7 Å². The standard InChI is InChI=1S/C17H13ClN2O3/c1-22-14-8-7-12(18)10-13(14)20-17(21)23-15-6-2-4-11-5-3-9-19-16(11)15/h2-10H,1H3,(H,20,21). The molecule has 1 amide bonds. The number of carbonyl (C=O) groups excluding carboxylic acids is 1. The van der Waals surface area contributed by atoms with Gasteiger partial charge in [-0.3, -0.25) is 10.3 Å². The summed E-state index contributed by atoms with van der Waals surface area (Å²) in [6, 6.07) is 14.0. The van der Waals surface area contributed by atoms with E-state index in [1.54, 1.807) is 36.5 Å². The van der Waals surface area contributed by atoms with Gasteiger partial charge in [-0.1, -0.05) is 29.8 Å². The predicted molar refractivity (Wildman–Crippen MR) is 89.4 cm³/mol. The zero-order chi connectivity index (χ0) is 16.2. The highest BCUT2D eigenvalue weighted by atomic mass is 35.5. The van der Waals surface area contributed by atoms with Gasteiger partial charge in [0.05, 0.1) is 12.8 Å². The topological polar surface area (TPSA) is 60.5 Å². The summed E-state index contributed by atoms with van der Waals surface area (Å²) in [5.74, 6) is 0.865. The number of rotatable bonds is 3. The third-order valence-electron chi connectivity index (χ3n) is 3.20. The van der Waals surface area contributed by atoms with E-state index >= 15 is 0 Å². The monoisotopic (exact) mass is 328 g/mol. The van der Waals surface area contributed by atoms with Crippen molar-refractivity contribution in [3.63, 3.8) is 0 Å². The lowest BCUT2D eigenvalue weighted by Crippen LogP contribution is -2.17. The van der Waals surface area contributed by atoms with Gasteiger partial charge in [0.15, 0.2) is 5.75 Å². The van der Waals surface area contributed by atoms with E-state index in [1.165, 1.54) is 7.11 Å². The predicted octanol–water partition coefficient (Wildman–Crippen LogP) is 4.51. The van der Waals surface area contributed by atoms with E-state index < -0.39 is 6.09 Å². The highest BCUT2D eigenvalue weighted by Crippen LogP contribution is 2.28. The molecule has 0 radical (unpaired) electrons. The lowest BCUT2D eigenvalue weighted by Gasteiger charge is -2.11. The minimum absolute atomic E-state index is 0.376. The van der Waals surface area contributed by atoms with Crippen molar-refractivity contribution in [3.05, 3.63) is 59.8 Å². The van der Waals surface area contributed by atoms with Crippen molar-refractivity contribution in [1.29, 1.82) is 0 Å². The number of amides is 1. The fourth-order valence-corrected chi connectivity index (χ4v) is 2.34. The Kier molecular flexibility index (Phi) is 4.30. The molecule has 0 spiro atoms. The molecule has 0 fully saturated rings. The van der Waals surface area contributed by atoms with Gasteiger partial charge in [0.2, 0.25) is 0 Å². The van der Waals surface area contributed by atoms with Crippen LogP contribution in [0.1, 0.15) is 0 Å². The molecule has 1 N–H and O–H groups in total. The Morgan fingerprint density at radius 1 is 1.13 bits per heavy atom. The van der Waals surface area contributed by atoms with Crippen molar-refractivity contribution in [3.8, 4) is 11.5 Å². The van der Waals surface area contributed by atoms with Crippen LogP contribution in [0.15, 0.2) is 54.7 Å². The molecule has 0 aliphatic rings. The fraction of sp³-hybridized carbons (Fsp3) is 0.0588. The van der Waals surface area contributed by atoms with Crippen molar-refractivity contribution in [1.82, 2.24) is 4.98 Å². The molecule has 0 atom stereocenters. The largest absolute Gasteiger partial charge is 0.495 e. The summed E-state index contributed by atoms with van der Waals surface area (Å²) < 4.78 is 10.5. The van der Waals surface area contributed by atoms with Crippen molar-refractivity contribution >= 4 is 34.3 Å². The van der Waals surface area contributed by atoms with Crippen LogP contribution in [0.25, 0.3) is 10.9 Å². The highest BCUT2D eigenvalue weighted by molar-refractivity contribution is 6.31. The lowest BCUT2D eigenvalue weighted by atomic mass is 10.2. The molecule has 1 aromatic heterocycles. The number of benzene rings is 2. The molecule has 3 rings (SSSR count). The second-order valence-corrected chi connectivity index (χ2v) is 5.13. The normalized spacial score (nSPS) is 10.3. The third kappa shape index (κ3) is 3.35. The number of ether oxygens (including phenoxy) is 2. The maximum Gasteiger partial charge on any atom is 0.417 e. The number of hydrogen-bond donors (Lipinski definition) is 1. The summed E-state index contributed by atoms with van der Waals surface area (Å²) in [4.78, 5) is 16.4. The smallest absolute Gasteiger partial charge is 0.417 e. The molecule has 0 saturated heterocycles. The summed E-state index contributed by atoms with van der Waals surface area (Å²) >= 11 is 5.94. The summed E-state index contributed by atoms with van der Waals surface area (Å²) in [5, 5.41) is 3.98. The van der Waals surface area contributed by atoms with Crippen LogP contribution in [0.5, 0.6) is 11.5 Å². The van der Waals surface area contributed by atoms with Crippen LogP contribution in [0.3, 0.4) is 0 Å². The van der Waals surface area contributed by atoms with Gasteiger partial charge < -0.3 is 9.47 Å². The Balaban J connectivity index is 1.83. The number of nitrogens with one attached hydrogen (secondary N) is 1. The first-order valence-electron chi connectivity index (χ1n) is 6.83. The van der Waals surface area contributed by atoms with Crippen LogP contribution in [-0.4, -0.2) is 18.2 Å². The Morgan fingerprint density at radius 2 is 1.96 bits per heavy atom. The number of nitrogens with zero attached hydrogens (tertiary/aromatic N) is 1. The first-order chi connectivity index (χ1) is 11.2. The van der Waals surface area contributed by atoms with E-state index in [2.05, 4.69) is 10.3 Å². The second kappa shape index (κ2) is 6.54. The summed E-state index contributed by atoms with van der Waals surface area (Å²) in [7, 11) is 1.51. The Hall–Kier alpha value is -2.79. The van der Waals surface area contributed by atoms with Gasteiger partial charge >= 0.3 is 6.09 Å². The molecule has 116 valence electrons. The molecule has 1 heterocycles. The lowest BCUT2D eigenvalue weighted by molar-refractivity contribution is 0.215. The number of anilines is 1. The van der Waals surface area contributed by atoms with Gasteiger partial charge in [0.1, 0.15) is 11.3 Å². The maximum absolute atomic E-state index is 12.1. The van der Waals surface area contributed by atoms with Crippen LogP contribution in [0, 0.1) is 0 Å². The third-order valence-corrected chi connectivity index (χ3v) is 3.43. The number of halogens is 1. The molecule has 0 bridgehead atoms. The highest BCUT2D eigenvalue weighted by Gasteiger charge is 2.12. The molecule has 0 unspecified atom stereocenters. The number of methoxy groups -OCH3 is 1. The second-order valence-electron chi connectivity index (χ2n) is 4.69. The number of aromatic nitrogens is 1. The van der Waals surface area contributed by atoms with Crippen LogP contribution < -0.4 is 14.8 Å². The van der Waals surface area contributed by atoms with E-state index in [9.17, 15) is 4.79 Å². The van der Waals surface area contributed by atoms with E-state index in [1.807, 2.05) is 18.2 Å². The van der Waals surface area contributed by atoms with Gasteiger partial charge in [-0.15, -0.1) is 0 Å². The van der Waals surface area contributed by atoms with Crippen molar-refractivity contribution in [2.24, 2.45) is 0 Å². The maximum atomic E-state index is 12.1. The van der Waals surface area contributed by atoms with E-state index in [0.717, 1.165) is 5.39 Å². The van der Waals surface area contributed by atoms with Crippen LogP contribution in [0.2, 0.25) is 5.02 Å². The molecule has 0 aliphatic heterocycles. The number of carbonyl (C=O) groups is 1. The van der Waals surface area contributed by atoms with Gasteiger partial charge in [-0.25, -0.2) is 4.79 Å². The summed E-state index contributed by atoms with van der Waals surface area (Å²) in [6.45, 7) is 0.